The summed E-state index contributed by atoms with van der Waals surface area (Å²) in [6, 6.07) is 12.7. The molecule has 29 heavy (non-hydrogen) atoms. The molecule has 0 saturated carbocycles. The van der Waals surface area contributed by atoms with Crippen molar-refractivity contribution in [2.75, 3.05) is 32.7 Å². The van der Waals surface area contributed by atoms with Crippen LogP contribution in [-0.2, 0) is 21.4 Å². The fourth-order valence-electron chi connectivity index (χ4n) is 3.17. The van der Waals surface area contributed by atoms with Gasteiger partial charge in [-0.15, -0.1) is 0 Å². The van der Waals surface area contributed by atoms with E-state index in [1.165, 1.54) is 22.5 Å². The molecule has 0 unspecified atom stereocenters. The van der Waals surface area contributed by atoms with Crippen LogP contribution in [0, 0.1) is 5.82 Å². The first kappa shape index (κ1) is 21.7. The van der Waals surface area contributed by atoms with E-state index in [9.17, 15) is 17.6 Å². The number of hydrogen-bond acceptors (Lipinski definition) is 4. The third-order valence-electron chi connectivity index (χ3n) is 4.87. The number of halogens is 2. The van der Waals surface area contributed by atoms with Gasteiger partial charge in [0.05, 0.1) is 0 Å². The van der Waals surface area contributed by atoms with Gasteiger partial charge in [-0.05, 0) is 23.8 Å². The maximum atomic E-state index is 13.9. The van der Waals surface area contributed by atoms with E-state index in [4.69, 9.17) is 11.6 Å². The zero-order valence-corrected chi connectivity index (χ0v) is 17.4. The number of rotatable bonds is 7. The molecule has 0 atom stereocenters. The summed E-state index contributed by atoms with van der Waals surface area (Å²) >= 11 is 6.07. The summed E-state index contributed by atoms with van der Waals surface area (Å²) in [6.07, 6.45) is 0.310. The maximum Gasteiger partial charge on any atom is 0.246 e. The summed E-state index contributed by atoms with van der Waals surface area (Å²) in [4.78, 5) is 13.8. The fraction of sp³-hybridized carbons (Fsp3) is 0.350. The van der Waals surface area contributed by atoms with Crippen molar-refractivity contribution < 1.29 is 17.6 Å². The van der Waals surface area contributed by atoms with Crippen LogP contribution in [0.4, 0.5) is 4.39 Å². The topological polar surface area (TPSA) is 69.7 Å². The van der Waals surface area contributed by atoms with Gasteiger partial charge < -0.3 is 10.2 Å². The minimum atomic E-state index is -3.85. The van der Waals surface area contributed by atoms with Crippen molar-refractivity contribution in [2.24, 2.45) is 0 Å². The third kappa shape index (κ3) is 5.54. The molecule has 2 aromatic carbocycles. The van der Waals surface area contributed by atoms with Gasteiger partial charge in [-0.3, -0.25) is 4.79 Å². The lowest BCUT2D eigenvalue weighted by molar-refractivity contribution is -0.121. The molecule has 1 heterocycles. The van der Waals surface area contributed by atoms with Gasteiger partial charge in [-0.25, -0.2) is 12.8 Å². The molecule has 156 valence electrons. The molecule has 2 aromatic rings. The standard InChI is InChI=1S/C20H23ClFN3O3S/c21-17-6-2-1-5-16(17)15-23-20(26)9-10-24-11-13-25(14-12-24)29(27,28)19-8-4-3-7-18(19)22/h1-8H,9-15H2,(H,23,26). The first-order chi connectivity index (χ1) is 13.9. The Morgan fingerprint density at radius 2 is 1.69 bits per heavy atom. The molecule has 0 bridgehead atoms. The van der Waals surface area contributed by atoms with Crippen molar-refractivity contribution in [3.63, 3.8) is 0 Å². The molecule has 1 N–H and O–H groups in total. The maximum absolute atomic E-state index is 13.9. The van der Waals surface area contributed by atoms with Gasteiger partial charge in [0.1, 0.15) is 10.7 Å². The molecule has 1 aliphatic heterocycles. The van der Waals surface area contributed by atoms with Gasteiger partial charge in [-0.2, -0.15) is 4.31 Å². The number of hydrogen-bond donors (Lipinski definition) is 1. The molecule has 3 rings (SSSR count). The number of carbonyl (C=O) groups is 1. The highest BCUT2D eigenvalue weighted by Gasteiger charge is 2.30. The predicted molar refractivity (Wildman–Crippen MR) is 110 cm³/mol. The van der Waals surface area contributed by atoms with Crippen LogP contribution in [-0.4, -0.2) is 56.3 Å². The Kier molecular flexibility index (Phi) is 7.23. The average molecular weight is 440 g/mol. The van der Waals surface area contributed by atoms with Gasteiger partial charge in [0.15, 0.2) is 0 Å². The summed E-state index contributed by atoms with van der Waals surface area (Å²) in [7, 11) is -3.85. The van der Waals surface area contributed by atoms with Crippen LogP contribution >= 0.6 is 11.6 Å². The van der Waals surface area contributed by atoms with Crippen LogP contribution < -0.4 is 5.32 Å². The quantitative estimate of drug-likeness (QED) is 0.719. The first-order valence-corrected chi connectivity index (χ1v) is 11.2. The number of nitrogens with zero attached hydrogens (tertiary/aromatic N) is 2. The van der Waals surface area contributed by atoms with E-state index in [1.807, 2.05) is 23.1 Å². The highest BCUT2D eigenvalue weighted by Crippen LogP contribution is 2.20. The molecular formula is C20H23ClFN3O3S. The van der Waals surface area contributed by atoms with E-state index < -0.39 is 15.8 Å². The van der Waals surface area contributed by atoms with Crippen molar-refractivity contribution in [3.05, 3.63) is 64.9 Å². The summed E-state index contributed by atoms with van der Waals surface area (Å²) in [5.41, 5.74) is 0.856. The molecule has 0 radical (unpaired) electrons. The fourth-order valence-corrected chi connectivity index (χ4v) is 4.86. The van der Waals surface area contributed by atoms with E-state index in [1.54, 1.807) is 6.07 Å². The molecule has 1 amide bonds. The van der Waals surface area contributed by atoms with E-state index in [-0.39, 0.29) is 23.9 Å². The van der Waals surface area contributed by atoms with Crippen molar-refractivity contribution in [1.82, 2.24) is 14.5 Å². The van der Waals surface area contributed by atoms with E-state index >= 15 is 0 Å². The summed E-state index contributed by atoms with van der Waals surface area (Å²) in [5, 5.41) is 3.45. The van der Waals surface area contributed by atoms with Crippen molar-refractivity contribution in [2.45, 2.75) is 17.9 Å². The molecule has 1 fully saturated rings. The summed E-state index contributed by atoms with van der Waals surface area (Å²) in [6.45, 7) is 2.40. The molecule has 6 nitrogen and oxygen atoms in total. The minimum Gasteiger partial charge on any atom is -0.352 e. The zero-order chi connectivity index (χ0) is 20.9. The van der Waals surface area contributed by atoms with Crippen molar-refractivity contribution >= 4 is 27.5 Å². The van der Waals surface area contributed by atoms with Crippen LogP contribution in [0.1, 0.15) is 12.0 Å². The van der Waals surface area contributed by atoms with E-state index in [0.717, 1.165) is 11.6 Å². The molecule has 9 heteroatoms. The van der Waals surface area contributed by atoms with E-state index in [0.29, 0.717) is 37.6 Å². The average Bonchev–Trinajstić information content (AvgIpc) is 2.72. The Hall–Kier alpha value is -2.00. The smallest absolute Gasteiger partial charge is 0.246 e. The molecule has 0 aliphatic carbocycles. The van der Waals surface area contributed by atoms with Gasteiger partial charge in [0, 0.05) is 50.7 Å². The van der Waals surface area contributed by atoms with Crippen LogP contribution in [0.2, 0.25) is 5.02 Å². The Balaban J connectivity index is 1.45. The number of carbonyl (C=O) groups excluding carboxylic acids is 1. The number of nitrogens with one attached hydrogen (secondary N) is 1. The van der Waals surface area contributed by atoms with Crippen molar-refractivity contribution in [1.29, 1.82) is 0 Å². The summed E-state index contributed by atoms with van der Waals surface area (Å²) < 4.78 is 40.4. The van der Waals surface area contributed by atoms with Crippen LogP contribution in [0.15, 0.2) is 53.4 Å². The second-order valence-electron chi connectivity index (χ2n) is 6.79. The number of amides is 1. The molecule has 1 aliphatic rings. The van der Waals surface area contributed by atoms with E-state index in [2.05, 4.69) is 5.32 Å². The summed E-state index contributed by atoms with van der Waals surface area (Å²) in [5.74, 6) is -0.837. The molecule has 1 saturated heterocycles. The minimum absolute atomic E-state index is 0.0914. The molecule has 0 aromatic heterocycles. The van der Waals surface area contributed by atoms with Gasteiger partial charge in [-0.1, -0.05) is 41.9 Å². The van der Waals surface area contributed by atoms with Gasteiger partial charge >= 0.3 is 0 Å². The van der Waals surface area contributed by atoms with Gasteiger partial charge in [0.25, 0.3) is 0 Å². The van der Waals surface area contributed by atoms with Crippen LogP contribution in [0.25, 0.3) is 0 Å². The SMILES string of the molecule is O=C(CCN1CCN(S(=O)(=O)c2ccccc2F)CC1)NCc1ccccc1Cl. The Morgan fingerprint density at radius 1 is 1.03 bits per heavy atom. The highest BCUT2D eigenvalue weighted by atomic mass is 35.5. The zero-order valence-electron chi connectivity index (χ0n) is 15.9. The highest BCUT2D eigenvalue weighted by molar-refractivity contribution is 7.89. The van der Waals surface area contributed by atoms with Gasteiger partial charge in [0.2, 0.25) is 15.9 Å². The second-order valence-corrected chi connectivity index (χ2v) is 9.11. The lowest BCUT2D eigenvalue weighted by Gasteiger charge is -2.33. The molecular weight excluding hydrogens is 417 g/mol. The number of piperazine rings is 1. The normalized spacial score (nSPS) is 15.9. The predicted octanol–water partition coefficient (Wildman–Crippen LogP) is 2.49. The van der Waals surface area contributed by atoms with Crippen LogP contribution in [0.5, 0.6) is 0 Å². The Morgan fingerprint density at radius 3 is 2.38 bits per heavy atom. The monoisotopic (exact) mass is 439 g/mol. The lowest BCUT2D eigenvalue weighted by atomic mass is 10.2. The largest absolute Gasteiger partial charge is 0.352 e. The Bertz CT molecular complexity index is 963. The second kappa shape index (κ2) is 9.67. The Labute approximate surface area is 175 Å². The molecule has 0 spiro atoms. The number of benzene rings is 2. The number of sulfonamides is 1. The van der Waals surface area contributed by atoms with Crippen LogP contribution in [0.3, 0.4) is 0 Å². The lowest BCUT2D eigenvalue weighted by Crippen LogP contribution is -2.49. The van der Waals surface area contributed by atoms with Crippen molar-refractivity contribution in [3.8, 4) is 0 Å². The third-order valence-corrected chi connectivity index (χ3v) is 7.18. The first-order valence-electron chi connectivity index (χ1n) is 9.35.